The zero-order valence-corrected chi connectivity index (χ0v) is 16.1. The molecule has 1 fully saturated rings. The van der Waals surface area contributed by atoms with Crippen molar-refractivity contribution in [1.82, 2.24) is 4.90 Å². The van der Waals surface area contributed by atoms with E-state index in [1.165, 1.54) is 24.3 Å². The van der Waals surface area contributed by atoms with Gasteiger partial charge < -0.3 is 15.3 Å². The van der Waals surface area contributed by atoms with Crippen molar-refractivity contribution in [3.8, 4) is 0 Å². The van der Waals surface area contributed by atoms with E-state index in [2.05, 4.69) is 5.32 Å². The number of nitrogens with one attached hydrogen (secondary N) is 1. The third-order valence-corrected chi connectivity index (χ3v) is 5.20. The second-order valence-corrected chi connectivity index (χ2v) is 7.27. The minimum absolute atomic E-state index is 0.207. The van der Waals surface area contributed by atoms with E-state index in [4.69, 9.17) is 5.11 Å². The summed E-state index contributed by atoms with van der Waals surface area (Å²) in [6, 6.07) is 12.1. The van der Waals surface area contributed by atoms with Crippen molar-refractivity contribution in [3.05, 3.63) is 65.5 Å². The van der Waals surface area contributed by atoms with E-state index in [1.54, 1.807) is 36.1 Å². The maximum atomic E-state index is 13.1. The molecule has 6 nitrogen and oxygen atoms in total. The number of rotatable bonds is 5. The first-order chi connectivity index (χ1) is 13.8. The predicted molar refractivity (Wildman–Crippen MR) is 106 cm³/mol. The molecule has 3 rings (SSSR count). The van der Waals surface area contributed by atoms with Gasteiger partial charge in [-0.3, -0.25) is 14.4 Å². The van der Waals surface area contributed by atoms with E-state index in [0.29, 0.717) is 36.2 Å². The number of amides is 2. The Morgan fingerprint density at radius 3 is 2.59 bits per heavy atom. The normalized spacial score (nSPS) is 17.4. The minimum Gasteiger partial charge on any atom is -0.481 e. The summed E-state index contributed by atoms with van der Waals surface area (Å²) < 4.78 is 13.1. The first-order valence-corrected chi connectivity index (χ1v) is 9.53. The maximum Gasteiger partial charge on any atom is 0.310 e. The number of carbonyl (C=O) groups excluding carboxylic acids is 2. The van der Waals surface area contributed by atoms with Crippen LogP contribution in [-0.2, 0) is 9.59 Å². The molecule has 2 amide bonds. The number of likely N-dealkylation sites (tertiary alicyclic amines) is 1. The Hall–Kier alpha value is -3.22. The molecule has 0 bridgehead atoms. The molecule has 7 heteroatoms. The number of benzene rings is 2. The van der Waals surface area contributed by atoms with E-state index in [9.17, 15) is 18.8 Å². The zero-order valence-electron chi connectivity index (χ0n) is 16.1. The Morgan fingerprint density at radius 1 is 1.17 bits per heavy atom. The molecule has 2 aromatic carbocycles. The lowest BCUT2D eigenvalue weighted by Gasteiger charge is -2.32. The standard InChI is InChI=1S/C22H23FN2O4/c1-14(22(28)29)16-4-2-6-19(12-16)24-20(26)17-5-3-11-25(13-17)21(27)15-7-9-18(23)10-8-15/h2,4,6-10,12,14,17H,3,5,11,13H2,1H3,(H,24,26)(H,28,29). The van der Waals surface area contributed by atoms with E-state index in [1.807, 2.05) is 0 Å². The number of nitrogens with zero attached hydrogens (tertiary/aromatic N) is 1. The molecule has 152 valence electrons. The molecule has 2 N–H and O–H groups in total. The topological polar surface area (TPSA) is 86.7 Å². The highest BCUT2D eigenvalue weighted by atomic mass is 19.1. The fourth-order valence-electron chi connectivity index (χ4n) is 3.42. The number of carbonyl (C=O) groups is 3. The second-order valence-electron chi connectivity index (χ2n) is 7.27. The maximum absolute atomic E-state index is 13.1. The monoisotopic (exact) mass is 398 g/mol. The Morgan fingerprint density at radius 2 is 1.90 bits per heavy atom. The van der Waals surface area contributed by atoms with E-state index < -0.39 is 17.7 Å². The van der Waals surface area contributed by atoms with Crippen LogP contribution in [0.4, 0.5) is 10.1 Å². The van der Waals surface area contributed by atoms with E-state index in [0.717, 1.165) is 0 Å². The molecule has 1 heterocycles. The lowest BCUT2D eigenvalue weighted by Crippen LogP contribution is -2.43. The van der Waals surface area contributed by atoms with Crippen LogP contribution >= 0.6 is 0 Å². The van der Waals surface area contributed by atoms with Gasteiger partial charge in [-0.05, 0) is 61.7 Å². The SMILES string of the molecule is CC(C(=O)O)c1cccc(NC(=O)C2CCCN(C(=O)c3ccc(F)cc3)C2)c1. The summed E-state index contributed by atoms with van der Waals surface area (Å²) in [6.07, 6.45) is 1.35. The molecule has 1 aliphatic rings. The van der Waals surface area contributed by atoms with Crippen LogP contribution in [0.3, 0.4) is 0 Å². The molecule has 1 saturated heterocycles. The number of halogens is 1. The van der Waals surface area contributed by atoms with E-state index in [-0.39, 0.29) is 24.3 Å². The van der Waals surface area contributed by atoms with Gasteiger partial charge in [0, 0.05) is 24.3 Å². The van der Waals surface area contributed by atoms with Crippen LogP contribution in [0, 0.1) is 11.7 Å². The van der Waals surface area contributed by atoms with Crippen molar-refractivity contribution >= 4 is 23.5 Å². The van der Waals surface area contributed by atoms with Crippen molar-refractivity contribution in [2.75, 3.05) is 18.4 Å². The van der Waals surface area contributed by atoms with Crippen LogP contribution in [0.25, 0.3) is 0 Å². The van der Waals surface area contributed by atoms with Crippen LogP contribution < -0.4 is 5.32 Å². The average molecular weight is 398 g/mol. The van der Waals surface area contributed by atoms with Crippen molar-refractivity contribution < 1.29 is 23.9 Å². The average Bonchev–Trinajstić information content (AvgIpc) is 2.73. The van der Waals surface area contributed by atoms with Crippen LogP contribution in [0.2, 0.25) is 0 Å². The minimum atomic E-state index is -0.935. The summed E-state index contributed by atoms with van der Waals surface area (Å²) in [5.41, 5.74) is 1.53. The first kappa shape index (κ1) is 20.5. The highest BCUT2D eigenvalue weighted by molar-refractivity contribution is 5.96. The highest BCUT2D eigenvalue weighted by Gasteiger charge is 2.29. The van der Waals surface area contributed by atoms with Crippen LogP contribution in [0.1, 0.15) is 41.6 Å². The molecule has 2 atom stereocenters. The zero-order chi connectivity index (χ0) is 21.0. The van der Waals surface area contributed by atoms with Crippen LogP contribution in [-0.4, -0.2) is 40.9 Å². The van der Waals surface area contributed by atoms with Gasteiger partial charge in [0.15, 0.2) is 0 Å². The third kappa shape index (κ3) is 4.99. The Labute approximate surface area is 168 Å². The summed E-state index contributed by atoms with van der Waals surface area (Å²) in [7, 11) is 0. The first-order valence-electron chi connectivity index (χ1n) is 9.53. The molecule has 0 aliphatic carbocycles. The van der Waals surface area contributed by atoms with Gasteiger partial charge in [-0.25, -0.2) is 4.39 Å². The van der Waals surface area contributed by atoms with Gasteiger partial charge in [0.25, 0.3) is 5.91 Å². The molecular weight excluding hydrogens is 375 g/mol. The molecule has 0 aromatic heterocycles. The third-order valence-electron chi connectivity index (χ3n) is 5.20. The number of piperidine rings is 1. The molecule has 29 heavy (non-hydrogen) atoms. The van der Waals surface area contributed by atoms with Gasteiger partial charge in [0.1, 0.15) is 5.82 Å². The Kier molecular flexibility index (Phi) is 6.26. The number of carboxylic acid groups (broad SMARTS) is 1. The molecular formula is C22H23FN2O4. The van der Waals surface area contributed by atoms with Gasteiger partial charge >= 0.3 is 5.97 Å². The number of hydrogen-bond donors (Lipinski definition) is 2. The molecule has 2 aromatic rings. The molecule has 1 aliphatic heterocycles. The number of aliphatic carboxylic acids is 1. The van der Waals surface area contributed by atoms with Crippen molar-refractivity contribution in [3.63, 3.8) is 0 Å². The molecule has 0 saturated carbocycles. The van der Waals surface area contributed by atoms with Gasteiger partial charge in [0.2, 0.25) is 5.91 Å². The van der Waals surface area contributed by atoms with Crippen LogP contribution in [0.15, 0.2) is 48.5 Å². The summed E-state index contributed by atoms with van der Waals surface area (Å²) in [5.74, 6) is -2.81. The predicted octanol–water partition coefficient (Wildman–Crippen LogP) is 3.50. The summed E-state index contributed by atoms with van der Waals surface area (Å²) in [4.78, 5) is 38.1. The number of carboxylic acids is 1. The molecule has 0 spiro atoms. The lowest BCUT2D eigenvalue weighted by atomic mass is 9.96. The van der Waals surface area contributed by atoms with Crippen molar-refractivity contribution in [2.24, 2.45) is 5.92 Å². The van der Waals surface area contributed by atoms with Crippen LogP contribution in [0.5, 0.6) is 0 Å². The lowest BCUT2D eigenvalue weighted by molar-refractivity contribution is -0.138. The largest absolute Gasteiger partial charge is 0.481 e. The fourth-order valence-corrected chi connectivity index (χ4v) is 3.42. The van der Waals surface area contributed by atoms with Gasteiger partial charge in [-0.15, -0.1) is 0 Å². The highest BCUT2D eigenvalue weighted by Crippen LogP contribution is 2.23. The summed E-state index contributed by atoms with van der Waals surface area (Å²) in [5, 5.41) is 12.0. The molecule has 2 unspecified atom stereocenters. The second kappa shape index (κ2) is 8.86. The number of hydrogen-bond acceptors (Lipinski definition) is 3. The Bertz CT molecular complexity index is 913. The van der Waals surface area contributed by atoms with Gasteiger partial charge in [-0.1, -0.05) is 12.1 Å². The molecule has 0 radical (unpaired) electrons. The fraction of sp³-hybridized carbons (Fsp3) is 0.318. The summed E-state index contributed by atoms with van der Waals surface area (Å²) in [6.45, 7) is 2.42. The quantitative estimate of drug-likeness (QED) is 0.807. The van der Waals surface area contributed by atoms with Gasteiger partial charge in [0.05, 0.1) is 11.8 Å². The van der Waals surface area contributed by atoms with Crippen molar-refractivity contribution in [2.45, 2.75) is 25.7 Å². The smallest absolute Gasteiger partial charge is 0.310 e. The van der Waals surface area contributed by atoms with E-state index >= 15 is 0 Å². The number of anilines is 1. The summed E-state index contributed by atoms with van der Waals surface area (Å²) >= 11 is 0. The van der Waals surface area contributed by atoms with Gasteiger partial charge in [-0.2, -0.15) is 0 Å². The van der Waals surface area contributed by atoms with Crippen molar-refractivity contribution in [1.29, 1.82) is 0 Å². The Balaban J connectivity index is 1.65.